The highest BCUT2D eigenvalue weighted by atomic mass is 16.5. The van der Waals surface area contributed by atoms with Gasteiger partial charge in [-0.3, -0.25) is 0 Å². The van der Waals surface area contributed by atoms with Gasteiger partial charge in [0.2, 0.25) is 0 Å². The fraction of sp³-hybridized carbons (Fsp3) is 0.381. The molecule has 0 radical (unpaired) electrons. The summed E-state index contributed by atoms with van der Waals surface area (Å²) in [7, 11) is 0. The van der Waals surface area contributed by atoms with E-state index in [4.69, 9.17) is 9.47 Å². The molecule has 0 spiro atoms. The molecule has 0 bridgehead atoms. The Kier molecular flexibility index (Phi) is 6.29. The lowest BCUT2D eigenvalue weighted by Crippen LogP contribution is -2.51. The summed E-state index contributed by atoms with van der Waals surface area (Å²) in [5.74, 6) is -1.16. The number of aryl methyl sites for hydroxylation is 2. The van der Waals surface area contributed by atoms with Crippen molar-refractivity contribution in [3.8, 4) is 0 Å². The molecule has 1 aromatic carbocycles. The number of nitrogens with zero attached hydrogens (tertiary/aromatic N) is 2. The Morgan fingerprint density at radius 2 is 1.73 bits per heavy atom. The first-order chi connectivity index (χ1) is 14.3. The van der Waals surface area contributed by atoms with Gasteiger partial charge in [0.15, 0.2) is 0 Å². The van der Waals surface area contributed by atoms with Crippen LogP contribution < -0.4 is 10.6 Å². The fourth-order valence-corrected chi connectivity index (χ4v) is 3.15. The lowest BCUT2D eigenvalue weighted by molar-refractivity contribution is -0.139. The third-order valence-corrected chi connectivity index (χ3v) is 4.81. The number of rotatable bonds is 6. The summed E-state index contributed by atoms with van der Waals surface area (Å²) in [5, 5.41) is 5.22. The lowest BCUT2D eigenvalue weighted by atomic mass is 10.0. The molecule has 1 aliphatic heterocycles. The van der Waals surface area contributed by atoms with E-state index in [0.29, 0.717) is 23.0 Å². The van der Waals surface area contributed by atoms with Crippen LogP contribution in [-0.2, 0) is 14.3 Å². The molecule has 2 amide bonds. The molecule has 1 aromatic heterocycles. The summed E-state index contributed by atoms with van der Waals surface area (Å²) >= 11 is 0. The largest absolute Gasteiger partial charge is 0.463 e. The minimum Gasteiger partial charge on any atom is -0.463 e. The number of aromatic nitrogens is 2. The number of hydrogen-bond donors (Lipinski definition) is 2. The minimum absolute atomic E-state index is 0.191. The van der Waals surface area contributed by atoms with Crippen molar-refractivity contribution in [1.82, 2.24) is 20.6 Å². The van der Waals surface area contributed by atoms with E-state index < -0.39 is 24.0 Å². The standard InChI is InChI=1S/C21H24N4O5/c1-5-14-18(20(27)29-6-2)17(25-21(28)24-14)10-30-19(26)13-7-8-15-16(9-13)23-12(4)11(3)22-15/h7-9,14H,5-6,10H2,1-4H3,(H2,24,25,28). The van der Waals surface area contributed by atoms with Gasteiger partial charge >= 0.3 is 18.0 Å². The zero-order valence-electron chi connectivity index (χ0n) is 17.4. The Balaban J connectivity index is 1.83. The van der Waals surface area contributed by atoms with Crippen molar-refractivity contribution in [3.63, 3.8) is 0 Å². The summed E-state index contributed by atoms with van der Waals surface area (Å²) in [6, 6.07) is 3.92. The third kappa shape index (κ3) is 4.40. The molecule has 30 heavy (non-hydrogen) atoms. The van der Waals surface area contributed by atoms with Gasteiger partial charge in [-0.25, -0.2) is 24.4 Å². The van der Waals surface area contributed by atoms with Gasteiger partial charge < -0.3 is 20.1 Å². The van der Waals surface area contributed by atoms with Crippen molar-refractivity contribution >= 4 is 29.0 Å². The van der Waals surface area contributed by atoms with E-state index in [1.807, 2.05) is 20.8 Å². The molecule has 2 heterocycles. The van der Waals surface area contributed by atoms with Crippen LogP contribution in [0.3, 0.4) is 0 Å². The van der Waals surface area contributed by atoms with E-state index in [9.17, 15) is 14.4 Å². The number of ether oxygens (including phenoxy) is 2. The van der Waals surface area contributed by atoms with Crippen LogP contribution in [0.1, 0.15) is 42.0 Å². The molecule has 0 saturated carbocycles. The molecule has 2 N–H and O–H groups in total. The highest BCUT2D eigenvalue weighted by Gasteiger charge is 2.32. The molecule has 0 saturated heterocycles. The first kappa shape index (κ1) is 21.2. The molecule has 0 aliphatic carbocycles. The van der Waals surface area contributed by atoms with Gasteiger partial charge in [-0.1, -0.05) is 6.92 Å². The van der Waals surface area contributed by atoms with Crippen LogP contribution >= 0.6 is 0 Å². The summed E-state index contributed by atoms with van der Waals surface area (Å²) in [6.45, 7) is 7.17. The van der Waals surface area contributed by atoms with Gasteiger partial charge in [-0.05, 0) is 45.4 Å². The average Bonchev–Trinajstić information content (AvgIpc) is 2.72. The Hall–Kier alpha value is -3.49. The van der Waals surface area contributed by atoms with Crippen LogP contribution in [0, 0.1) is 13.8 Å². The highest BCUT2D eigenvalue weighted by molar-refractivity contribution is 5.96. The SMILES string of the molecule is CCOC(=O)C1=C(COC(=O)c2ccc3nc(C)c(C)nc3c2)NC(=O)NC1CC. The van der Waals surface area contributed by atoms with Crippen LogP contribution in [0.5, 0.6) is 0 Å². The van der Waals surface area contributed by atoms with Crippen molar-refractivity contribution in [1.29, 1.82) is 0 Å². The zero-order valence-corrected chi connectivity index (χ0v) is 17.4. The molecule has 9 heteroatoms. The van der Waals surface area contributed by atoms with E-state index >= 15 is 0 Å². The van der Waals surface area contributed by atoms with E-state index in [0.717, 1.165) is 11.4 Å². The van der Waals surface area contributed by atoms with Crippen LogP contribution in [0.15, 0.2) is 29.5 Å². The van der Waals surface area contributed by atoms with Crippen molar-refractivity contribution in [2.75, 3.05) is 13.2 Å². The van der Waals surface area contributed by atoms with Crippen molar-refractivity contribution in [2.24, 2.45) is 0 Å². The Morgan fingerprint density at radius 3 is 2.40 bits per heavy atom. The maximum Gasteiger partial charge on any atom is 0.338 e. The summed E-state index contributed by atoms with van der Waals surface area (Å²) < 4.78 is 10.5. The summed E-state index contributed by atoms with van der Waals surface area (Å²) in [4.78, 5) is 45.8. The Bertz CT molecular complexity index is 1050. The first-order valence-electron chi connectivity index (χ1n) is 9.73. The Morgan fingerprint density at radius 1 is 1.03 bits per heavy atom. The number of urea groups is 1. The lowest BCUT2D eigenvalue weighted by Gasteiger charge is -2.28. The minimum atomic E-state index is -0.603. The zero-order chi connectivity index (χ0) is 21.8. The number of carbonyl (C=O) groups excluding carboxylic acids is 3. The fourth-order valence-electron chi connectivity index (χ4n) is 3.15. The quantitative estimate of drug-likeness (QED) is 0.699. The molecule has 1 aliphatic rings. The van der Waals surface area contributed by atoms with Gasteiger partial charge in [0.25, 0.3) is 0 Å². The van der Waals surface area contributed by atoms with Crippen molar-refractivity contribution < 1.29 is 23.9 Å². The molecule has 0 fully saturated rings. The first-order valence-corrected chi connectivity index (χ1v) is 9.73. The molecular weight excluding hydrogens is 388 g/mol. The molecule has 1 unspecified atom stereocenters. The van der Waals surface area contributed by atoms with Crippen molar-refractivity contribution in [3.05, 3.63) is 46.4 Å². The molecule has 3 rings (SSSR count). The number of carbonyl (C=O) groups is 3. The van der Waals surface area contributed by atoms with Gasteiger partial charge in [-0.2, -0.15) is 0 Å². The summed E-state index contributed by atoms with van der Waals surface area (Å²) in [6.07, 6.45) is 0.487. The predicted octanol–water partition coefficient (Wildman–Crippen LogP) is 2.31. The van der Waals surface area contributed by atoms with Gasteiger partial charge in [-0.15, -0.1) is 0 Å². The average molecular weight is 412 g/mol. The molecular formula is C21H24N4O5. The number of benzene rings is 1. The normalized spacial score (nSPS) is 16.1. The maximum atomic E-state index is 12.6. The summed E-state index contributed by atoms with van der Waals surface area (Å²) in [5.41, 5.74) is 3.62. The number of amides is 2. The van der Waals surface area contributed by atoms with Crippen LogP contribution in [0.4, 0.5) is 4.79 Å². The number of esters is 2. The van der Waals surface area contributed by atoms with E-state index in [1.54, 1.807) is 25.1 Å². The number of hydrogen-bond acceptors (Lipinski definition) is 7. The van der Waals surface area contributed by atoms with Crippen LogP contribution in [0.25, 0.3) is 11.0 Å². The third-order valence-electron chi connectivity index (χ3n) is 4.81. The van der Waals surface area contributed by atoms with Crippen LogP contribution in [-0.4, -0.2) is 47.2 Å². The van der Waals surface area contributed by atoms with Crippen molar-refractivity contribution in [2.45, 2.75) is 40.2 Å². The number of nitrogens with one attached hydrogen (secondary N) is 2. The van der Waals surface area contributed by atoms with E-state index in [-0.39, 0.29) is 24.5 Å². The second-order valence-electron chi connectivity index (χ2n) is 6.85. The topological polar surface area (TPSA) is 120 Å². The number of fused-ring (bicyclic) bond motifs is 1. The van der Waals surface area contributed by atoms with Crippen LogP contribution in [0.2, 0.25) is 0 Å². The maximum absolute atomic E-state index is 12.6. The van der Waals surface area contributed by atoms with E-state index in [1.165, 1.54) is 0 Å². The molecule has 158 valence electrons. The second-order valence-corrected chi connectivity index (χ2v) is 6.85. The van der Waals surface area contributed by atoms with E-state index in [2.05, 4.69) is 20.6 Å². The van der Waals surface area contributed by atoms with Gasteiger partial charge in [0.1, 0.15) is 6.61 Å². The molecule has 9 nitrogen and oxygen atoms in total. The molecule has 1 atom stereocenters. The van der Waals surface area contributed by atoms with Gasteiger partial charge in [0, 0.05) is 0 Å². The highest BCUT2D eigenvalue weighted by Crippen LogP contribution is 2.19. The monoisotopic (exact) mass is 412 g/mol. The predicted molar refractivity (Wildman–Crippen MR) is 109 cm³/mol. The Labute approximate surface area is 173 Å². The smallest absolute Gasteiger partial charge is 0.338 e. The second kappa shape index (κ2) is 8.89. The van der Waals surface area contributed by atoms with Gasteiger partial charge in [0.05, 0.1) is 51.9 Å². The molecule has 2 aromatic rings.